The van der Waals surface area contributed by atoms with E-state index in [1.54, 1.807) is 0 Å². The third-order valence-electron chi connectivity index (χ3n) is 3.70. The molecule has 0 radical (unpaired) electrons. The Morgan fingerprint density at radius 2 is 2.06 bits per heavy atom. The van der Waals surface area contributed by atoms with Gasteiger partial charge >= 0.3 is 5.97 Å². The fourth-order valence-electron chi connectivity index (χ4n) is 2.21. The van der Waals surface area contributed by atoms with Gasteiger partial charge in [-0.25, -0.2) is 0 Å². The number of hydrogen-bond acceptors (Lipinski definition) is 3. The lowest BCUT2D eigenvalue weighted by atomic mass is 10.3. The van der Waals surface area contributed by atoms with E-state index in [0.717, 1.165) is 10.7 Å². The molecule has 6 nitrogen and oxygen atoms in total. The first-order valence-electron chi connectivity index (χ1n) is 5.83. The van der Waals surface area contributed by atoms with Crippen molar-refractivity contribution in [2.24, 2.45) is 11.8 Å². The van der Waals surface area contributed by atoms with Crippen LogP contribution in [0.4, 0.5) is 0 Å². The third kappa shape index (κ3) is 2.31. The summed E-state index contributed by atoms with van der Waals surface area (Å²) in [7, 11) is -3.56. The first-order valence-corrected chi connectivity index (χ1v) is 7.23. The number of rotatable bonds is 4. The molecule has 2 fully saturated rings. The summed E-state index contributed by atoms with van der Waals surface area (Å²) in [6, 6.07) is -0.985. The van der Waals surface area contributed by atoms with E-state index in [1.165, 1.54) is 11.2 Å². The van der Waals surface area contributed by atoms with Gasteiger partial charge in [-0.2, -0.15) is 17.0 Å². The van der Waals surface area contributed by atoms with Gasteiger partial charge in [0.15, 0.2) is 0 Å². The largest absolute Gasteiger partial charge is 0.480 e. The number of aliphatic carboxylic acids is 1. The van der Waals surface area contributed by atoms with Crippen LogP contribution < -0.4 is 0 Å². The average Bonchev–Trinajstić information content (AvgIpc) is 2.83. The van der Waals surface area contributed by atoms with E-state index in [1.807, 2.05) is 0 Å². The van der Waals surface area contributed by atoms with E-state index in [9.17, 15) is 13.2 Å². The second kappa shape index (κ2) is 4.22. The highest BCUT2D eigenvalue weighted by atomic mass is 32.2. The second-order valence-corrected chi connectivity index (χ2v) is 6.84. The molecule has 0 amide bonds. The van der Waals surface area contributed by atoms with Crippen LogP contribution in [0.2, 0.25) is 0 Å². The Kier molecular flexibility index (Phi) is 3.17. The molecule has 0 bridgehead atoms. The average molecular weight is 262 g/mol. The summed E-state index contributed by atoms with van der Waals surface area (Å²) in [5.41, 5.74) is 0. The zero-order chi connectivity index (χ0) is 12.8. The smallest absolute Gasteiger partial charge is 0.321 e. The molecule has 0 aromatic carbocycles. The predicted molar refractivity (Wildman–Crippen MR) is 61.6 cm³/mol. The Bertz CT molecular complexity index is 422. The first-order chi connectivity index (χ1) is 7.84. The Morgan fingerprint density at radius 3 is 2.53 bits per heavy atom. The van der Waals surface area contributed by atoms with Crippen LogP contribution in [0.5, 0.6) is 0 Å². The van der Waals surface area contributed by atoms with Crippen LogP contribution in [0.3, 0.4) is 0 Å². The monoisotopic (exact) mass is 262 g/mol. The van der Waals surface area contributed by atoms with Crippen molar-refractivity contribution in [1.82, 2.24) is 8.61 Å². The molecule has 98 valence electrons. The fraction of sp³-hybridized carbons (Fsp3) is 0.900. The Labute approximate surface area is 101 Å². The molecule has 1 aliphatic heterocycles. The molecule has 1 saturated heterocycles. The van der Waals surface area contributed by atoms with Gasteiger partial charge in [-0.3, -0.25) is 4.79 Å². The molecule has 0 spiro atoms. The van der Waals surface area contributed by atoms with Crippen LogP contribution in [0.25, 0.3) is 0 Å². The van der Waals surface area contributed by atoms with Crippen molar-refractivity contribution >= 4 is 16.2 Å². The SMILES string of the molecule is CC1CC1CN1CCN([C@@H](C)C(=O)O)S1(=O)=O. The van der Waals surface area contributed by atoms with Crippen molar-refractivity contribution in [3.05, 3.63) is 0 Å². The van der Waals surface area contributed by atoms with Gasteiger partial charge in [0.1, 0.15) is 6.04 Å². The molecular weight excluding hydrogens is 244 g/mol. The van der Waals surface area contributed by atoms with Gasteiger partial charge in [-0.15, -0.1) is 0 Å². The molecule has 3 atom stereocenters. The van der Waals surface area contributed by atoms with Gasteiger partial charge in [-0.05, 0) is 25.2 Å². The predicted octanol–water partition coefficient (Wildman–Crippen LogP) is -0.0221. The van der Waals surface area contributed by atoms with Crippen LogP contribution >= 0.6 is 0 Å². The van der Waals surface area contributed by atoms with Crippen molar-refractivity contribution in [2.45, 2.75) is 26.3 Å². The molecule has 0 aromatic rings. The molecular formula is C10H18N2O4S. The second-order valence-electron chi connectivity index (χ2n) is 4.96. The lowest BCUT2D eigenvalue weighted by molar-refractivity contribution is -0.140. The van der Waals surface area contributed by atoms with E-state index >= 15 is 0 Å². The standard InChI is InChI=1S/C10H18N2O4S/c1-7-5-9(7)6-11-3-4-12(17(11,15)16)8(2)10(13)14/h7-9H,3-6H2,1-2H3,(H,13,14)/t7?,8-,9?/m0/s1. The number of carboxylic acid groups (broad SMARTS) is 1. The lowest BCUT2D eigenvalue weighted by Gasteiger charge is -2.21. The molecule has 1 heterocycles. The molecule has 1 aliphatic carbocycles. The van der Waals surface area contributed by atoms with Gasteiger partial charge in [0.2, 0.25) is 0 Å². The van der Waals surface area contributed by atoms with Crippen LogP contribution in [0.1, 0.15) is 20.3 Å². The maximum Gasteiger partial charge on any atom is 0.321 e. The summed E-state index contributed by atoms with van der Waals surface area (Å²) in [5.74, 6) is -0.0591. The summed E-state index contributed by atoms with van der Waals surface area (Å²) >= 11 is 0. The maximum absolute atomic E-state index is 12.1. The summed E-state index contributed by atoms with van der Waals surface area (Å²) in [4.78, 5) is 10.8. The van der Waals surface area contributed by atoms with E-state index in [-0.39, 0.29) is 6.54 Å². The van der Waals surface area contributed by atoms with Crippen LogP contribution in [0, 0.1) is 11.8 Å². The highest BCUT2D eigenvalue weighted by molar-refractivity contribution is 7.87. The van der Waals surface area contributed by atoms with Crippen LogP contribution in [0.15, 0.2) is 0 Å². The molecule has 2 unspecified atom stereocenters. The number of carboxylic acids is 1. The molecule has 2 aliphatic rings. The number of nitrogens with zero attached hydrogens (tertiary/aromatic N) is 2. The molecule has 0 aromatic heterocycles. The van der Waals surface area contributed by atoms with Gasteiger partial charge in [0.05, 0.1) is 0 Å². The van der Waals surface area contributed by atoms with E-state index in [4.69, 9.17) is 5.11 Å². The van der Waals surface area contributed by atoms with Crippen molar-refractivity contribution in [3.63, 3.8) is 0 Å². The van der Waals surface area contributed by atoms with Crippen LogP contribution in [-0.2, 0) is 15.0 Å². The van der Waals surface area contributed by atoms with Crippen molar-refractivity contribution in [1.29, 1.82) is 0 Å². The maximum atomic E-state index is 12.1. The normalized spacial score (nSPS) is 34.7. The Hall–Kier alpha value is -0.660. The van der Waals surface area contributed by atoms with Crippen molar-refractivity contribution in [3.8, 4) is 0 Å². The minimum Gasteiger partial charge on any atom is -0.480 e. The summed E-state index contributed by atoms with van der Waals surface area (Å²) in [6.07, 6.45) is 1.07. The third-order valence-corrected chi connectivity index (χ3v) is 5.77. The molecule has 1 saturated carbocycles. The minimum absolute atomic E-state index is 0.275. The Morgan fingerprint density at radius 1 is 1.47 bits per heavy atom. The van der Waals surface area contributed by atoms with Crippen molar-refractivity contribution < 1.29 is 18.3 Å². The van der Waals surface area contributed by atoms with E-state index in [2.05, 4.69) is 6.92 Å². The first kappa shape index (κ1) is 12.8. The van der Waals surface area contributed by atoms with Gasteiger partial charge in [-0.1, -0.05) is 6.92 Å². The highest BCUT2D eigenvalue weighted by Gasteiger charge is 2.45. The molecule has 2 rings (SSSR count). The minimum atomic E-state index is -3.56. The lowest BCUT2D eigenvalue weighted by Crippen LogP contribution is -2.42. The summed E-state index contributed by atoms with van der Waals surface area (Å²) < 4.78 is 26.7. The fourth-order valence-corrected chi connectivity index (χ4v) is 4.00. The summed E-state index contributed by atoms with van der Waals surface area (Å²) in [6.45, 7) is 4.72. The van der Waals surface area contributed by atoms with E-state index in [0.29, 0.717) is 24.9 Å². The summed E-state index contributed by atoms with van der Waals surface area (Å²) in [5, 5.41) is 8.87. The number of hydrogen-bond donors (Lipinski definition) is 1. The van der Waals surface area contributed by atoms with Crippen molar-refractivity contribution in [2.75, 3.05) is 19.6 Å². The van der Waals surface area contributed by atoms with Gasteiger partial charge in [0, 0.05) is 19.6 Å². The zero-order valence-electron chi connectivity index (χ0n) is 10.0. The molecule has 17 heavy (non-hydrogen) atoms. The number of carbonyl (C=O) groups is 1. The van der Waals surface area contributed by atoms with Crippen LogP contribution in [-0.4, -0.2) is 53.8 Å². The zero-order valence-corrected chi connectivity index (χ0v) is 10.9. The highest BCUT2D eigenvalue weighted by Crippen LogP contribution is 2.39. The Balaban J connectivity index is 2.06. The van der Waals surface area contributed by atoms with E-state index < -0.39 is 22.2 Å². The van der Waals surface area contributed by atoms with Gasteiger partial charge in [0.25, 0.3) is 10.2 Å². The molecule has 7 heteroatoms. The molecule has 1 N–H and O–H groups in total. The van der Waals surface area contributed by atoms with Gasteiger partial charge < -0.3 is 5.11 Å². The topological polar surface area (TPSA) is 77.9 Å². The quantitative estimate of drug-likeness (QED) is 0.772.